The molecule has 1 aliphatic carbocycles. The summed E-state index contributed by atoms with van der Waals surface area (Å²) in [6.07, 6.45) is 2.75. The molecule has 1 heterocycles. The fourth-order valence-corrected chi connectivity index (χ4v) is 3.39. The summed E-state index contributed by atoms with van der Waals surface area (Å²) in [5.74, 6) is 0. The molecule has 0 radical (unpaired) electrons. The van der Waals surface area contributed by atoms with E-state index in [-0.39, 0.29) is 12.1 Å². The van der Waals surface area contributed by atoms with Crippen LogP contribution in [0, 0.1) is 0 Å². The lowest BCUT2D eigenvalue weighted by Crippen LogP contribution is -2.47. The molecule has 2 fully saturated rings. The zero-order valence-corrected chi connectivity index (χ0v) is 14.0. The van der Waals surface area contributed by atoms with Crippen molar-refractivity contribution in [1.82, 2.24) is 10.2 Å². The highest BCUT2D eigenvalue weighted by Crippen LogP contribution is 2.35. The topological polar surface area (TPSA) is 24.5 Å². The summed E-state index contributed by atoms with van der Waals surface area (Å²) in [6.45, 7) is 2.62. The Morgan fingerprint density at radius 2 is 2.25 bits per heavy atom. The van der Waals surface area contributed by atoms with Gasteiger partial charge >= 0.3 is 0 Å². The van der Waals surface area contributed by atoms with Crippen molar-refractivity contribution < 1.29 is 4.74 Å². The highest BCUT2D eigenvalue weighted by atomic mass is 79.9. The van der Waals surface area contributed by atoms with Gasteiger partial charge in [0.25, 0.3) is 0 Å². The summed E-state index contributed by atoms with van der Waals surface area (Å²) in [7, 11) is 2.15. The van der Waals surface area contributed by atoms with Gasteiger partial charge in [-0.25, -0.2) is 0 Å². The minimum Gasteiger partial charge on any atom is -0.374 e. The molecule has 110 valence electrons. The minimum absolute atomic E-state index is 0.154. The molecular weight excluding hydrogens is 340 g/mol. The first-order chi connectivity index (χ1) is 9.65. The molecule has 2 atom stereocenters. The first-order valence-electron chi connectivity index (χ1n) is 7.15. The van der Waals surface area contributed by atoms with Crippen LogP contribution in [0.3, 0.4) is 0 Å². The van der Waals surface area contributed by atoms with Gasteiger partial charge in [0, 0.05) is 28.6 Å². The van der Waals surface area contributed by atoms with Gasteiger partial charge in [0.05, 0.1) is 18.8 Å². The molecule has 1 aromatic rings. The predicted octanol–water partition coefficient (Wildman–Crippen LogP) is 3.23. The average molecular weight is 360 g/mol. The molecule has 1 aliphatic heterocycles. The molecular formula is C15H20BrClN2O. The number of rotatable bonds is 4. The van der Waals surface area contributed by atoms with Crippen molar-refractivity contribution in [2.45, 2.75) is 31.0 Å². The van der Waals surface area contributed by atoms with Crippen LogP contribution in [0.5, 0.6) is 0 Å². The van der Waals surface area contributed by atoms with Crippen molar-refractivity contribution in [1.29, 1.82) is 0 Å². The number of hydrogen-bond acceptors (Lipinski definition) is 3. The third-order valence-electron chi connectivity index (χ3n) is 4.06. The molecule has 2 aliphatic rings. The number of morpholine rings is 1. The van der Waals surface area contributed by atoms with Crippen LogP contribution in [0.15, 0.2) is 22.7 Å². The van der Waals surface area contributed by atoms with Crippen LogP contribution in [-0.4, -0.2) is 43.8 Å². The Labute approximate surface area is 133 Å². The largest absolute Gasteiger partial charge is 0.374 e. The molecule has 1 saturated heterocycles. The van der Waals surface area contributed by atoms with Crippen LogP contribution < -0.4 is 5.32 Å². The van der Waals surface area contributed by atoms with Gasteiger partial charge in [0.15, 0.2) is 0 Å². The lowest BCUT2D eigenvalue weighted by atomic mass is 9.98. The molecule has 20 heavy (non-hydrogen) atoms. The van der Waals surface area contributed by atoms with Crippen LogP contribution in [0.4, 0.5) is 0 Å². The predicted molar refractivity (Wildman–Crippen MR) is 85.3 cm³/mol. The SMILES string of the molecule is CN1CCOC(CNC2CC2)C1c1cc(Br)ccc1Cl. The second-order valence-electron chi connectivity index (χ2n) is 5.68. The van der Waals surface area contributed by atoms with Crippen LogP contribution in [0.25, 0.3) is 0 Å². The minimum atomic E-state index is 0.154. The highest BCUT2D eigenvalue weighted by Gasteiger charge is 2.34. The zero-order chi connectivity index (χ0) is 14.1. The highest BCUT2D eigenvalue weighted by molar-refractivity contribution is 9.10. The average Bonchev–Trinajstić information content (AvgIpc) is 3.24. The molecule has 1 aromatic carbocycles. The molecule has 5 heteroatoms. The Hall–Kier alpha value is -0.130. The Morgan fingerprint density at radius 1 is 1.45 bits per heavy atom. The van der Waals surface area contributed by atoms with Gasteiger partial charge in [0.2, 0.25) is 0 Å². The van der Waals surface area contributed by atoms with E-state index in [1.807, 2.05) is 12.1 Å². The van der Waals surface area contributed by atoms with E-state index in [0.717, 1.165) is 34.8 Å². The Balaban J connectivity index is 1.82. The van der Waals surface area contributed by atoms with E-state index in [2.05, 4.69) is 39.3 Å². The monoisotopic (exact) mass is 358 g/mol. The summed E-state index contributed by atoms with van der Waals surface area (Å²) >= 11 is 9.95. The molecule has 1 saturated carbocycles. The second kappa shape index (κ2) is 6.32. The van der Waals surface area contributed by atoms with Crippen molar-refractivity contribution >= 4 is 27.5 Å². The third kappa shape index (κ3) is 3.37. The Bertz CT molecular complexity index is 481. The van der Waals surface area contributed by atoms with E-state index >= 15 is 0 Å². The van der Waals surface area contributed by atoms with Gasteiger partial charge in [-0.1, -0.05) is 27.5 Å². The Kier molecular flexibility index (Phi) is 4.68. The van der Waals surface area contributed by atoms with Crippen molar-refractivity contribution in [3.8, 4) is 0 Å². The molecule has 0 aromatic heterocycles. The summed E-state index contributed by atoms with van der Waals surface area (Å²) in [5, 5.41) is 4.39. The molecule has 0 amide bonds. The van der Waals surface area contributed by atoms with E-state index in [1.54, 1.807) is 0 Å². The fraction of sp³-hybridized carbons (Fsp3) is 0.600. The van der Waals surface area contributed by atoms with E-state index in [0.29, 0.717) is 6.04 Å². The van der Waals surface area contributed by atoms with Crippen molar-refractivity contribution in [2.75, 3.05) is 26.7 Å². The van der Waals surface area contributed by atoms with Crippen molar-refractivity contribution in [2.24, 2.45) is 0 Å². The lowest BCUT2D eigenvalue weighted by molar-refractivity contribution is -0.0615. The molecule has 2 unspecified atom stereocenters. The van der Waals surface area contributed by atoms with E-state index < -0.39 is 0 Å². The van der Waals surface area contributed by atoms with Crippen LogP contribution in [-0.2, 0) is 4.74 Å². The summed E-state index contributed by atoms with van der Waals surface area (Å²) in [4.78, 5) is 2.34. The first-order valence-corrected chi connectivity index (χ1v) is 8.32. The van der Waals surface area contributed by atoms with Gasteiger partial charge in [0.1, 0.15) is 0 Å². The second-order valence-corrected chi connectivity index (χ2v) is 7.01. The number of hydrogen-bond donors (Lipinski definition) is 1. The van der Waals surface area contributed by atoms with Crippen LogP contribution >= 0.6 is 27.5 Å². The van der Waals surface area contributed by atoms with Gasteiger partial charge in [-0.05, 0) is 43.7 Å². The van der Waals surface area contributed by atoms with Gasteiger partial charge < -0.3 is 10.1 Å². The van der Waals surface area contributed by atoms with Crippen LogP contribution in [0.1, 0.15) is 24.4 Å². The maximum atomic E-state index is 6.41. The van der Waals surface area contributed by atoms with E-state index in [4.69, 9.17) is 16.3 Å². The normalized spacial score (nSPS) is 27.8. The fourth-order valence-electron chi connectivity index (χ4n) is 2.78. The first kappa shape index (κ1) is 14.8. The summed E-state index contributed by atoms with van der Waals surface area (Å²) in [5.41, 5.74) is 1.14. The van der Waals surface area contributed by atoms with Gasteiger partial charge in [-0.15, -0.1) is 0 Å². The quantitative estimate of drug-likeness (QED) is 0.893. The molecule has 3 nitrogen and oxygen atoms in total. The number of benzene rings is 1. The standard InChI is InChI=1S/C15H20BrClN2O/c1-19-6-7-20-14(9-18-11-3-4-11)15(19)12-8-10(16)2-5-13(12)17/h2,5,8,11,14-15,18H,3-4,6-7,9H2,1H3. The number of ether oxygens (including phenoxy) is 1. The summed E-state index contributed by atoms with van der Waals surface area (Å²) < 4.78 is 7.07. The molecule has 0 spiro atoms. The maximum Gasteiger partial charge on any atom is 0.0897 e. The molecule has 1 N–H and O–H groups in total. The molecule has 3 rings (SSSR count). The van der Waals surface area contributed by atoms with E-state index in [1.165, 1.54) is 12.8 Å². The number of halogens is 2. The lowest BCUT2D eigenvalue weighted by Gasteiger charge is -2.40. The van der Waals surface area contributed by atoms with Gasteiger partial charge in [-0.2, -0.15) is 0 Å². The maximum absolute atomic E-state index is 6.41. The smallest absolute Gasteiger partial charge is 0.0897 e. The Morgan fingerprint density at radius 3 is 3.00 bits per heavy atom. The van der Waals surface area contributed by atoms with Crippen molar-refractivity contribution in [3.63, 3.8) is 0 Å². The number of likely N-dealkylation sites (N-methyl/N-ethyl adjacent to an activating group) is 1. The van der Waals surface area contributed by atoms with E-state index in [9.17, 15) is 0 Å². The number of nitrogens with one attached hydrogen (secondary N) is 1. The summed E-state index contributed by atoms with van der Waals surface area (Å²) in [6, 6.07) is 6.95. The molecule has 0 bridgehead atoms. The third-order valence-corrected chi connectivity index (χ3v) is 4.90. The van der Waals surface area contributed by atoms with Crippen molar-refractivity contribution in [3.05, 3.63) is 33.3 Å². The van der Waals surface area contributed by atoms with Crippen LogP contribution in [0.2, 0.25) is 5.02 Å². The van der Waals surface area contributed by atoms with Gasteiger partial charge in [-0.3, -0.25) is 4.90 Å². The number of nitrogens with zero attached hydrogens (tertiary/aromatic N) is 1. The zero-order valence-electron chi connectivity index (χ0n) is 11.6.